The van der Waals surface area contributed by atoms with Crippen LogP contribution >= 0.6 is 11.8 Å². The Morgan fingerprint density at radius 3 is 3.10 bits per heavy atom. The van der Waals surface area contributed by atoms with Gasteiger partial charge in [-0.05, 0) is 51.4 Å². The summed E-state index contributed by atoms with van der Waals surface area (Å²) in [5, 5.41) is 7.57. The van der Waals surface area contributed by atoms with Crippen LogP contribution in [-0.4, -0.2) is 47.7 Å². The number of hydrogen-bond acceptors (Lipinski definition) is 5. The monoisotopic (exact) mass is 294 g/mol. The molecule has 3 heterocycles. The van der Waals surface area contributed by atoms with Crippen LogP contribution in [0.1, 0.15) is 33.1 Å². The van der Waals surface area contributed by atoms with Gasteiger partial charge >= 0.3 is 0 Å². The van der Waals surface area contributed by atoms with E-state index in [9.17, 15) is 4.79 Å². The molecule has 3 rings (SSSR count). The second-order valence-corrected chi connectivity index (χ2v) is 6.63. The molecule has 3 aliphatic rings. The smallest absolute Gasteiger partial charge is 0.260 e. The van der Waals surface area contributed by atoms with Crippen molar-refractivity contribution in [2.24, 2.45) is 4.99 Å². The van der Waals surface area contributed by atoms with E-state index in [0.29, 0.717) is 6.04 Å². The summed E-state index contributed by atoms with van der Waals surface area (Å²) in [4.78, 5) is 20.0. The van der Waals surface area contributed by atoms with Gasteiger partial charge in [0.15, 0.2) is 5.17 Å². The molecular weight excluding hydrogens is 272 g/mol. The normalized spacial score (nSPS) is 27.4. The minimum absolute atomic E-state index is 0.0470. The summed E-state index contributed by atoms with van der Waals surface area (Å²) in [5.41, 5.74) is 1.05. The molecule has 2 unspecified atom stereocenters. The van der Waals surface area contributed by atoms with Crippen LogP contribution in [0.2, 0.25) is 0 Å². The van der Waals surface area contributed by atoms with Gasteiger partial charge in [0.1, 0.15) is 0 Å². The van der Waals surface area contributed by atoms with Gasteiger partial charge in [-0.15, -0.1) is 0 Å². The number of carbonyl (C=O) groups is 1. The lowest BCUT2D eigenvalue weighted by atomic mass is 10.1. The number of amides is 1. The largest absolute Gasteiger partial charge is 0.348 e. The highest BCUT2D eigenvalue weighted by Gasteiger charge is 2.33. The number of rotatable bonds is 3. The minimum Gasteiger partial charge on any atom is -0.348 e. The Morgan fingerprint density at radius 1 is 1.55 bits per heavy atom. The summed E-state index contributed by atoms with van der Waals surface area (Å²) in [6.45, 7) is 7.03. The molecule has 0 saturated carbocycles. The molecule has 2 N–H and O–H groups in total. The predicted molar refractivity (Wildman–Crippen MR) is 82.5 cm³/mol. The number of aliphatic imine (C=N–C) groups is 1. The number of nitrogens with zero attached hydrogens (tertiary/aromatic N) is 2. The van der Waals surface area contributed by atoms with Gasteiger partial charge in [-0.25, -0.2) is 0 Å². The lowest BCUT2D eigenvalue weighted by Crippen LogP contribution is -2.45. The summed E-state index contributed by atoms with van der Waals surface area (Å²) in [7, 11) is 0. The first-order chi connectivity index (χ1) is 9.66. The van der Waals surface area contributed by atoms with Crippen molar-refractivity contribution < 1.29 is 4.79 Å². The van der Waals surface area contributed by atoms with E-state index in [1.807, 2.05) is 6.92 Å². The standard InChI is InChI=1S/C14H22N4OS/c1-9(11-5-3-6-15-11)17-13(19)12-10(2)18-8-4-7-16-14(18)20-12/h9,11,15H,3-8H2,1-2H3,(H,17,19). The maximum Gasteiger partial charge on any atom is 0.260 e. The second kappa shape index (κ2) is 5.77. The maximum atomic E-state index is 12.5. The van der Waals surface area contributed by atoms with E-state index in [1.54, 1.807) is 0 Å². The topological polar surface area (TPSA) is 56.7 Å². The van der Waals surface area contributed by atoms with E-state index in [0.717, 1.165) is 48.2 Å². The van der Waals surface area contributed by atoms with Crippen LogP contribution in [0.5, 0.6) is 0 Å². The molecule has 0 bridgehead atoms. The zero-order valence-corrected chi connectivity index (χ0v) is 12.9. The highest BCUT2D eigenvalue weighted by molar-refractivity contribution is 8.18. The zero-order valence-electron chi connectivity index (χ0n) is 12.1. The van der Waals surface area contributed by atoms with Crippen molar-refractivity contribution in [3.05, 3.63) is 10.6 Å². The first-order valence-electron chi connectivity index (χ1n) is 7.42. The zero-order chi connectivity index (χ0) is 14.1. The Kier molecular flexibility index (Phi) is 4.03. The first-order valence-corrected chi connectivity index (χ1v) is 8.23. The summed E-state index contributed by atoms with van der Waals surface area (Å²) < 4.78 is 0. The van der Waals surface area contributed by atoms with Crippen LogP contribution in [0.15, 0.2) is 15.6 Å². The average molecular weight is 294 g/mol. The number of amidine groups is 1. The Balaban J connectivity index is 1.66. The molecule has 0 aliphatic carbocycles. The molecule has 20 heavy (non-hydrogen) atoms. The van der Waals surface area contributed by atoms with Gasteiger partial charge < -0.3 is 15.5 Å². The van der Waals surface area contributed by atoms with Crippen LogP contribution in [-0.2, 0) is 4.79 Å². The molecule has 0 radical (unpaired) electrons. The SMILES string of the molecule is CC1=C(C(=O)NC(C)C2CCCN2)SC2=NCCCN21. The number of allylic oxidation sites excluding steroid dienone is 1. The fourth-order valence-corrected chi connectivity index (χ4v) is 4.08. The molecule has 0 aromatic rings. The Labute approximate surface area is 124 Å². The molecule has 3 aliphatic heterocycles. The fraction of sp³-hybridized carbons (Fsp3) is 0.714. The summed E-state index contributed by atoms with van der Waals surface area (Å²) in [6.07, 6.45) is 3.41. The van der Waals surface area contributed by atoms with Crippen LogP contribution < -0.4 is 10.6 Å². The highest BCUT2D eigenvalue weighted by Crippen LogP contribution is 2.35. The van der Waals surface area contributed by atoms with Crippen molar-refractivity contribution in [1.82, 2.24) is 15.5 Å². The van der Waals surface area contributed by atoms with Crippen molar-refractivity contribution in [3.63, 3.8) is 0 Å². The van der Waals surface area contributed by atoms with Crippen LogP contribution in [0.3, 0.4) is 0 Å². The van der Waals surface area contributed by atoms with Crippen LogP contribution in [0, 0.1) is 0 Å². The van der Waals surface area contributed by atoms with Gasteiger partial charge in [-0.1, -0.05) is 0 Å². The lowest BCUT2D eigenvalue weighted by Gasteiger charge is -2.23. The number of fused-ring (bicyclic) bond motifs is 1. The van der Waals surface area contributed by atoms with E-state index < -0.39 is 0 Å². The fourth-order valence-electron chi connectivity index (χ4n) is 2.99. The van der Waals surface area contributed by atoms with E-state index in [2.05, 4.69) is 27.4 Å². The van der Waals surface area contributed by atoms with Crippen molar-refractivity contribution in [2.45, 2.75) is 45.2 Å². The second-order valence-electron chi connectivity index (χ2n) is 5.65. The van der Waals surface area contributed by atoms with Crippen molar-refractivity contribution >= 4 is 22.8 Å². The average Bonchev–Trinajstić information content (AvgIpc) is 3.07. The molecule has 5 nitrogen and oxygen atoms in total. The number of hydrogen-bond donors (Lipinski definition) is 2. The molecule has 2 atom stereocenters. The number of nitrogens with one attached hydrogen (secondary N) is 2. The van der Waals surface area contributed by atoms with Crippen LogP contribution in [0.25, 0.3) is 0 Å². The third kappa shape index (κ3) is 2.59. The van der Waals surface area contributed by atoms with E-state index in [-0.39, 0.29) is 11.9 Å². The molecule has 0 spiro atoms. The maximum absolute atomic E-state index is 12.5. The molecule has 0 aromatic carbocycles. The van der Waals surface area contributed by atoms with Gasteiger partial charge in [0.05, 0.1) is 4.91 Å². The van der Waals surface area contributed by atoms with Crippen molar-refractivity contribution in [1.29, 1.82) is 0 Å². The quantitative estimate of drug-likeness (QED) is 0.823. The number of thioether (sulfide) groups is 1. The first kappa shape index (κ1) is 13.9. The van der Waals surface area contributed by atoms with Crippen molar-refractivity contribution in [3.8, 4) is 0 Å². The van der Waals surface area contributed by atoms with Crippen LogP contribution in [0.4, 0.5) is 0 Å². The van der Waals surface area contributed by atoms with Gasteiger partial charge in [0.2, 0.25) is 0 Å². The molecule has 1 saturated heterocycles. The summed E-state index contributed by atoms with van der Waals surface area (Å²) in [6, 6.07) is 0.580. The van der Waals surface area contributed by atoms with E-state index >= 15 is 0 Å². The lowest BCUT2D eigenvalue weighted by molar-refractivity contribution is -0.117. The van der Waals surface area contributed by atoms with Gasteiger partial charge in [-0.3, -0.25) is 9.79 Å². The third-order valence-electron chi connectivity index (χ3n) is 4.21. The molecule has 110 valence electrons. The molecular formula is C14H22N4OS. The highest BCUT2D eigenvalue weighted by atomic mass is 32.2. The number of carbonyl (C=O) groups excluding carboxylic acids is 1. The summed E-state index contributed by atoms with van der Waals surface area (Å²) in [5.74, 6) is 0.0470. The Bertz CT molecular complexity index is 468. The minimum atomic E-state index is 0.0470. The van der Waals surface area contributed by atoms with E-state index in [4.69, 9.17) is 0 Å². The van der Waals surface area contributed by atoms with Gasteiger partial charge in [-0.2, -0.15) is 0 Å². The molecule has 0 aromatic heterocycles. The third-order valence-corrected chi connectivity index (χ3v) is 5.43. The molecule has 6 heteroatoms. The predicted octanol–water partition coefficient (Wildman–Crippen LogP) is 1.28. The molecule has 1 fully saturated rings. The van der Waals surface area contributed by atoms with Gasteiger partial charge in [0.25, 0.3) is 5.91 Å². The molecule has 1 amide bonds. The summed E-state index contributed by atoms with van der Waals surface area (Å²) >= 11 is 1.52. The Morgan fingerprint density at radius 2 is 2.40 bits per heavy atom. The van der Waals surface area contributed by atoms with Crippen molar-refractivity contribution in [2.75, 3.05) is 19.6 Å². The Hall–Kier alpha value is -1.01. The van der Waals surface area contributed by atoms with E-state index in [1.165, 1.54) is 18.2 Å². The van der Waals surface area contributed by atoms with Gasteiger partial charge in [0, 0.05) is 30.9 Å².